The van der Waals surface area contributed by atoms with E-state index in [0.717, 1.165) is 31.4 Å². The van der Waals surface area contributed by atoms with Crippen molar-refractivity contribution in [2.75, 3.05) is 38.0 Å². The quantitative estimate of drug-likeness (QED) is 0.712. The van der Waals surface area contributed by atoms with E-state index in [9.17, 15) is 13.2 Å². The molecule has 0 radical (unpaired) electrons. The zero-order chi connectivity index (χ0) is 22.2. The van der Waals surface area contributed by atoms with Crippen LogP contribution in [0.4, 0.5) is 5.69 Å². The molecule has 1 saturated carbocycles. The monoisotopic (exact) mass is 477 g/mol. The van der Waals surface area contributed by atoms with Gasteiger partial charge in [-0.3, -0.25) is 9.69 Å². The molecular formula is C22H27N3O5S2. The van der Waals surface area contributed by atoms with Gasteiger partial charge >= 0.3 is 0 Å². The lowest BCUT2D eigenvalue weighted by Gasteiger charge is -2.33. The zero-order valence-electron chi connectivity index (χ0n) is 17.8. The first-order valence-corrected chi connectivity index (χ1v) is 13.3. The van der Waals surface area contributed by atoms with Crippen molar-refractivity contribution >= 4 is 33.0 Å². The highest BCUT2D eigenvalue weighted by molar-refractivity contribution is 7.91. The number of benzene rings is 1. The van der Waals surface area contributed by atoms with Crippen molar-refractivity contribution in [3.05, 3.63) is 35.7 Å². The van der Waals surface area contributed by atoms with Crippen LogP contribution in [0.2, 0.25) is 0 Å². The Kier molecular flexibility index (Phi) is 5.87. The Hall–Kier alpha value is -2.14. The summed E-state index contributed by atoms with van der Waals surface area (Å²) in [5, 5.41) is 4.69. The predicted molar refractivity (Wildman–Crippen MR) is 122 cm³/mol. The normalized spacial score (nSPS) is 21.0. The maximum Gasteiger partial charge on any atom is 0.252 e. The van der Waals surface area contributed by atoms with Gasteiger partial charge in [0, 0.05) is 50.8 Å². The number of ether oxygens (including phenoxy) is 2. The molecule has 3 heterocycles. The summed E-state index contributed by atoms with van der Waals surface area (Å²) in [6.45, 7) is 1.99. The first-order valence-electron chi connectivity index (χ1n) is 11.0. The molecule has 2 aromatic rings. The van der Waals surface area contributed by atoms with Crippen molar-refractivity contribution in [2.45, 2.75) is 42.1 Å². The largest absolute Gasteiger partial charge is 0.448 e. The fourth-order valence-corrected chi connectivity index (χ4v) is 7.10. The Bertz CT molecular complexity index is 1070. The lowest BCUT2D eigenvalue weighted by molar-refractivity contribution is -0.117. The van der Waals surface area contributed by atoms with Crippen LogP contribution in [0, 0.1) is 0 Å². The van der Waals surface area contributed by atoms with Crippen LogP contribution in [-0.4, -0.2) is 62.0 Å². The Morgan fingerprint density at radius 2 is 1.78 bits per heavy atom. The molecule has 0 atom stereocenters. The fraction of sp³-hybridized carbons (Fsp3) is 0.500. The first kappa shape index (κ1) is 21.7. The van der Waals surface area contributed by atoms with Crippen molar-refractivity contribution < 1.29 is 22.7 Å². The molecule has 1 aromatic carbocycles. The summed E-state index contributed by atoms with van der Waals surface area (Å²) in [6, 6.07) is 8.86. The lowest BCUT2D eigenvalue weighted by atomic mass is 9.94. The Labute approximate surface area is 192 Å². The van der Waals surface area contributed by atoms with E-state index in [1.807, 2.05) is 23.1 Å². The number of amides is 1. The number of thiophene rings is 1. The summed E-state index contributed by atoms with van der Waals surface area (Å²) >= 11 is 1.23. The minimum absolute atomic E-state index is 0.134. The number of sulfonamides is 1. The molecule has 1 N–H and O–H groups in total. The summed E-state index contributed by atoms with van der Waals surface area (Å²) in [4.78, 5) is 14.6. The van der Waals surface area contributed by atoms with Crippen LogP contribution in [0.3, 0.4) is 0 Å². The van der Waals surface area contributed by atoms with E-state index in [1.54, 1.807) is 17.5 Å². The number of carbonyl (C=O) groups excluding carboxylic acids is 1. The third kappa shape index (κ3) is 4.36. The number of carbonyl (C=O) groups is 1. The summed E-state index contributed by atoms with van der Waals surface area (Å²) in [6.07, 6.45) is 5.17. The van der Waals surface area contributed by atoms with E-state index in [2.05, 4.69) is 5.32 Å². The molecule has 10 heteroatoms. The summed E-state index contributed by atoms with van der Waals surface area (Å²) in [5.74, 6) is 0.739. The molecule has 1 saturated heterocycles. The van der Waals surface area contributed by atoms with E-state index in [-0.39, 0.29) is 12.5 Å². The van der Waals surface area contributed by atoms with Crippen LogP contribution >= 0.6 is 11.3 Å². The highest BCUT2D eigenvalue weighted by Gasteiger charge is 2.42. The van der Waals surface area contributed by atoms with Crippen LogP contribution in [0.15, 0.2) is 39.9 Å². The molecule has 1 amide bonds. The van der Waals surface area contributed by atoms with Gasteiger partial charge in [0.25, 0.3) is 15.8 Å². The minimum atomic E-state index is -3.44. The molecule has 1 aliphatic carbocycles. The fourth-order valence-electron chi connectivity index (χ4n) is 4.54. The maximum absolute atomic E-state index is 12.6. The average Bonchev–Trinajstić information content (AvgIpc) is 3.43. The summed E-state index contributed by atoms with van der Waals surface area (Å²) in [5.41, 5.74) is 0.670. The molecule has 1 spiro atoms. The van der Waals surface area contributed by atoms with Crippen LogP contribution in [0.5, 0.6) is 11.5 Å². The lowest BCUT2D eigenvalue weighted by Crippen LogP contribution is -2.50. The number of piperazine rings is 1. The summed E-state index contributed by atoms with van der Waals surface area (Å²) in [7, 11) is -3.44. The molecule has 32 heavy (non-hydrogen) atoms. The minimum Gasteiger partial charge on any atom is -0.448 e. The molecule has 3 aliphatic rings. The molecule has 0 bridgehead atoms. The predicted octanol–water partition coefficient (Wildman–Crippen LogP) is 3.12. The summed E-state index contributed by atoms with van der Waals surface area (Å²) < 4.78 is 39.4. The zero-order valence-corrected chi connectivity index (χ0v) is 19.4. The highest BCUT2D eigenvalue weighted by Crippen LogP contribution is 2.46. The van der Waals surface area contributed by atoms with Crippen LogP contribution in [0.25, 0.3) is 0 Å². The second-order valence-electron chi connectivity index (χ2n) is 8.50. The SMILES string of the molecule is O=C(CN1CCN(S(=O)(=O)c2cccs2)CC1)Nc1ccc2c(c1)OC1(CCCCC1)O2. The van der Waals surface area contributed by atoms with Gasteiger partial charge in [-0.25, -0.2) is 8.42 Å². The van der Waals surface area contributed by atoms with E-state index in [4.69, 9.17) is 9.47 Å². The molecule has 172 valence electrons. The van der Waals surface area contributed by atoms with Gasteiger partial charge in [-0.1, -0.05) is 12.5 Å². The molecule has 5 rings (SSSR count). The molecular weight excluding hydrogens is 450 g/mol. The van der Waals surface area contributed by atoms with Crippen molar-refractivity contribution in [3.63, 3.8) is 0 Å². The van der Waals surface area contributed by atoms with Crippen molar-refractivity contribution in [2.24, 2.45) is 0 Å². The van der Waals surface area contributed by atoms with E-state index in [0.29, 0.717) is 41.8 Å². The number of nitrogens with zero attached hydrogens (tertiary/aromatic N) is 2. The van der Waals surface area contributed by atoms with E-state index >= 15 is 0 Å². The van der Waals surface area contributed by atoms with E-state index in [1.165, 1.54) is 22.1 Å². The van der Waals surface area contributed by atoms with Gasteiger partial charge in [0.05, 0.1) is 6.54 Å². The molecule has 2 fully saturated rings. The number of hydrogen-bond donors (Lipinski definition) is 1. The Morgan fingerprint density at radius 1 is 1.03 bits per heavy atom. The van der Waals surface area contributed by atoms with Gasteiger partial charge in [-0.05, 0) is 36.4 Å². The average molecular weight is 478 g/mol. The van der Waals surface area contributed by atoms with Gasteiger partial charge in [0.2, 0.25) is 5.91 Å². The first-order chi connectivity index (χ1) is 15.4. The number of anilines is 1. The molecule has 1 aromatic heterocycles. The van der Waals surface area contributed by atoms with Crippen LogP contribution < -0.4 is 14.8 Å². The van der Waals surface area contributed by atoms with Gasteiger partial charge in [0.15, 0.2) is 11.5 Å². The van der Waals surface area contributed by atoms with Gasteiger partial charge in [-0.2, -0.15) is 4.31 Å². The number of rotatable bonds is 5. The second-order valence-corrected chi connectivity index (χ2v) is 11.6. The standard InChI is InChI=1S/C22H27N3O5S2/c26-20(16-24-10-12-25(13-11-24)32(27,28)21-5-4-14-31-21)23-17-6-7-18-19(15-17)30-22(29-18)8-2-1-3-9-22/h4-7,14-15H,1-3,8-13,16H2,(H,23,26). The second kappa shape index (κ2) is 8.66. The molecule has 2 aliphatic heterocycles. The topological polar surface area (TPSA) is 88.2 Å². The molecule has 0 unspecified atom stereocenters. The molecule has 8 nitrogen and oxygen atoms in total. The van der Waals surface area contributed by atoms with Gasteiger partial charge < -0.3 is 14.8 Å². The van der Waals surface area contributed by atoms with Gasteiger partial charge in [-0.15, -0.1) is 11.3 Å². The number of nitrogens with one attached hydrogen (secondary N) is 1. The Balaban J connectivity index is 1.14. The van der Waals surface area contributed by atoms with Crippen molar-refractivity contribution in [1.29, 1.82) is 0 Å². The number of fused-ring (bicyclic) bond motifs is 1. The van der Waals surface area contributed by atoms with Gasteiger partial charge in [0.1, 0.15) is 4.21 Å². The van der Waals surface area contributed by atoms with Crippen LogP contribution in [-0.2, 0) is 14.8 Å². The highest BCUT2D eigenvalue weighted by atomic mass is 32.2. The Morgan fingerprint density at radius 3 is 2.50 bits per heavy atom. The smallest absolute Gasteiger partial charge is 0.252 e. The number of hydrogen-bond acceptors (Lipinski definition) is 7. The van der Waals surface area contributed by atoms with Crippen molar-refractivity contribution in [3.8, 4) is 11.5 Å². The van der Waals surface area contributed by atoms with Crippen LogP contribution in [0.1, 0.15) is 32.1 Å². The van der Waals surface area contributed by atoms with Crippen molar-refractivity contribution in [1.82, 2.24) is 9.21 Å². The third-order valence-corrected chi connectivity index (χ3v) is 9.49. The van der Waals surface area contributed by atoms with E-state index < -0.39 is 15.8 Å². The third-order valence-electron chi connectivity index (χ3n) is 6.22. The maximum atomic E-state index is 12.6.